The fourth-order valence-electron chi connectivity index (χ4n) is 2.12. The maximum absolute atomic E-state index is 5.76. The van der Waals surface area contributed by atoms with Gasteiger partial charge in [-0.05, 0) is 11.8 Å². The van der Waals surface area contributed by atoms with E-state index in [0.717, 1.165) is 24.7 Å². The van der Waals surface area contributed by atoms with Gasteiger partial charge in [-0.15, -0.1) is 11.6 Å². The van der Waals surface area contributed by atoms with Crippen LogP contribution < -0.4 is 0 Å². The normalized spacial score (nSPS) is 44.3. The van der Waals surface area contributed by atoms with Gasteiger partial charge in [-0.25, -0.2) is 0 Å². The standard InChI is InChI=1S/C10H17ClO2/c1-7(2)8-3-10(4-8)12-6-9(5-11)13-10/h7-9H,3-6H2,1-2H3. The summed E-state index contributed by atoms with van der Waals surface area (Å²) in [5.41, 5.74) is 0. The lowest BCUT2D eigenvalue weighted by atomic mass is 9.72. The van der Waals surface area contributed by atoms with Crippen LogP contribution in [0.5, 0.6) is 0 Å². The SMILES string of the molecule is CC(C)C1CC2(C1)OCC(CCl)O2. The molecule has 2 aliphatic rings. The molecule has 0 aromatic heterocycles. The molecule has 1 unspecified atom stereocenters. The van der Waals surface area contributed by atoms with Gasteiger partial charge in [-0.2, -0.15) is 0 Å². The van der Waals surface area contributed by atoms with Gasteiger partial charge in [0.05, 0.1) is 18.6 Å². The molecule has 1 heterocycles. The first-order chi connectivity index (χ1) is 6.15. The maximum atomic E-state index is 5.76. The van der Waals surface area contributed by atoms with Crippen molar-refractivity contribution in [1.82, 2.24) is 0 Å². The molecule has 0 bridgehead atoms. The Morgan fingerprint density at radius 1 is 1.46 bits per heavy atom. The Balaban J connectivity index is 1.84. The third-order valence-corrected chi connectivity index (χ3v) is 3.52. The Morgan fingerprint density at radius 2 is 2.15 bits per heavy atom. The van der Waals surface area contributed by atoms with E-state index < -0.39 is 0 Å². The van der Waals surface area contributed by atoms with E-state index >= 15 is 0 Å². The molecule has 1 saturated carbocycles. The Bertz CT molecular complexity index is 187. The van der Waals surface area contributed by atoms with Gasteiger partial charge in [0, 0.05) is 12.8 Å². The highest BCUT2D eigenvalue weighted by atomic mass is 35.5. The van der Waals surface area contributed by atoms with Crippen molar-refractivity contribution in [2.24, 2.45) is 11.8 Å². The Labute approximate surface area is 84.5 Å². The average Bonchev–Trinajstić information content (AvgIpc) is 2.44. The van der Waals surface area contributed by atoms with Crippen molar-refractivity contribution in [3.63, 3.8) is 0 Å². The average molecular weight is 205 g/mol. The zero-order valence-electron chi connectivity index (χ0n) is 8.25. The van der Waals surface area contributed by atoms with E-state index in [1.165, 1.54) is 0 Å². The lowest BCUT2D eigenvalue weighted by molar-refractivity contribution is -0.243. The summed E-state index contributed by atoms with van der Waals surface area (Å²) in [5, 5.41) is 0. The fourth-order valence-corrected chi connectivity index (χ4v) is 2.27. The smallest absolute Gasteiger partial charge is 0.169 e. The molecule has 0 radical (unpaired) electrons. The van der Waals surface area contributed by atoms with Gasteiger partial charge < -0.3 is 9.47 Å². The van der Waals surface area contributed by atoms with Crippen LogP contribution in [0.25, 0.3) is 0 Å². The van der Waals surface area contributed by atoms with Crippen molar-refractivity contribution in [2.45, 2.75) is 38.6 Å². The predicted octanol–water partition coefficient (Wildman–Crippen LogP) is 2.40. The van der Waals surface area contributed by atoms with Crippen LogP contribution in [-0.4, -0.2) is 24.4 Å². The highest BCUT2D eigenvalue weighted by Gasteiger charge is 2.52. The molecule has 1 aliphatic carbocycles. The molecule has 13 heavy (non-hydrogen) atoms. The molecule has 1 spiro atoms. The van der Waals surface area contributed by atoms with E-state index in [1.807, 2.05) is 0 Å². The summed E-state index contributed by atoms with van der Waals surface area (Å²) in [4.78, 5) is 0. The second-order valence-corrected chi connectivity index (χ2v) is 4.84. The molecule has 0 aromatic carbocycles. The third-order valence-electron chi connectivity index (χ3n) is 3.18. The van der Waals surface area contributed by atoms with Gasteiger partial charge >= 0.3 is 0 Å². The molecule has 2 fully saturated rings. The molecule has 2 nitrogen and oxygen atoms in total. The molecule has 1 aliphatic heterocycles. The van der Waals surface area contributed by atoms with Gasteiger partial charge in [0.15, 0.2) is 5.79 Å². The summed E-state index contributed by atoms with van der Waals surface area (Å²) >= 11 is 5.71. The van der Waals surface area contributed by atoms with Crippen LogP contribution in [0.2, 0.25) is 0 Å². The van der Waals surface area contributed by atoms with Crippen LogP contribution in [-0.2, 0) is 9.47 Å². The van der Waals surface area contributed by atoms with Crippen LogP contribution in [0.1, 0.15) is 26.7 Å². The van der Waals surface area contributed by atoms with E-state index in [0.29, 0.717) is 12.5 Å². The third kappa shape index (κ3) is 1.72. The number of alkyl halides is 1. The van der Waals surface area contributed by atoms with Gasteiger partial charge in [0.25, 0.3) is 0 Å². The fraction of sp³-hybridized carbons (Fsp3) is 1.00. The van der Waals surface area contributed by atoms with Gasteiger partial charge in [-0.1, -0.05) is 13.8 Å². The minimum Gasteiger partial charge on any atom is -0.347 e. The molecule has 2 rings (SSSR count). The molecule has 76 valence electrons. The summed E-state index contributed by atoms with van der Waals surface area (Å²) in [7, 11) is 0. The molecule has 0 N–H and O–H groups in total. The highest BCUT2D eigenvalue weighted by Crippen LogP contribution is 2.48. The molecular formula is C10H17ClO2. The first-order valence-corrected chi connectivity index (χ1v) is 5.56. The van der Waals surface area contributed by atoms with E-state index in [-0.39, 0.29) is 11.9 Å². The Hall–Kier alpha value is 0.210. The minimum atomic E-state index is -0.242. The first-order valence-electron chi connectivity index (χ1n) is 5.03. The molecule has 1 saturated heterocycles. The van der Waals surface area contributed by atoms with E-state index in [2.05, 4.69) is 13.8 Å². The van der Waals surface area contributed by atoms with Gasteiger partial charge in [0.1, 0.15) is 0 Å². The summed E-state index contributed by atoms with van der Waals surface area (Å²) in [6.07, 6.45) is 2.23. The van der Waals surface area contributed by atoms with Crippen LogP contribution >= 0.6 is 11.6 Å². The number of ether oxygens (including phenoxy) is 2. The van der Waals surface area contributed by atoms with Crippen molar-refractivity contribution in [3.8, 4) is 0 Å². The van der Waals surface area contributed by atoms with Crippen LogP contribution in [0.3, 0.4) is 0 Å². The largest absolute Gasteiger partial charge is 0.347 e. The maximum Gasteiger partial charge on any atom is 0.169 e. The Kier molecular flexibility index (Phi) is 2.56. The first kappa shape index (κ1) is 9.75. The summed E-state index contributed by atoms with van der Waals surface area (Å²) < 4.78 is 11.4. The quantitative estimate of drug-likeness (QED) is 0.644. The second-order valence-electron chi connectivity index (χ2n) is 4.53. The molecular weight excluding hydrogens is 188 g/mol. The van der Waals surface area contributed by atoms with Crippen molar-refractivity contribution in [2.75, 3.05) is 12.5 Å². The topological polar surface area (TPSA) is 18.5 Å². The lowest BCUT2D eigenvalue weighted by Gasteiger charge is -2.45. The van der Waals surface area contributed by atoms with Crippen molar-refractivity contribution in [1.29, 1.82) is 0 Å². The van der Waals surface area contributed by atoms with E-state index in [9.17, 15) is 0 Å². The monoisotopic (exact) mass is 204 g/mol. The number of rotatable bonds is 2. The highest BCUT2D eigenvalue weighted by molar-refractivity contribution is 6.18. The number of halogens is 1. The van der Waals surface area contributed by atoms with Crippen molar-refractivity contribution in [3.05, 3.63) is 0 Å². The predicted molar refractivity (Wildman–Crippen MR) is 51.8 cm³/mol. The summed E-state index contributed by atoms with van der Waals surface area (Å²) in [6, 6.07) is 0. The van der Waals surface area contributed by atoms with Gasteiger partial charge in [0.2, 0.25) is 0 Å². The zero-order valence-corrected chi connectivity index (χ0v) is 9.01. The van der Waals surface area contributed by atoms with Crippen molar-refractivity contribution < 1.29 is 9.47 Å². The van der Waals surface area contributed by atoms with Crippen LogP contribution in [0.15, 0.2) is 0 Å². The van der Waals surface area contributed by atoms with E-state index in [4.69, 9.17) is 21.1 Å². The molecule has 0 aromatic rings. The zero-order chi connectivity index (χ0) is 9.47. The number of hydrogen-bond donors (Lipinski definition) is 0. The van der Waals surface area contributed by atoms with E-state index in [1.54, 1.807) is 0 Å². The second kappa shape index (κ2) is 3.41. The molecule has 1 atom stereocenters. The molecule has 3 heteroatoms. The molecule has 0 amide bonds. The number of hydrogen-bond acceptors (Lipinski definition) is 2. The lowest BCUT2D eigenvalue weighted by Crippen LogP contribution is -2.47. The van der Waals surface area contributed by atoms with Crippen LogP contribution in [0, 0.1) is 11.8 Å². The van der Waals surface area contributed by atoms with Crippen LogP contribution in [0.4, 0.5) is 0 Å². The summed E-state index contributed by atoms with van der Waals surface area (Å²) in [5.74, 6) is 1.82. The minimum absolute atomic E-state index is 0.120. The van der Waals surface area contributed by atoms with Gasteiger partial charge in [-0.3, -0.25) is 0 Å². The van der Waals surface area contributed by atoms with Crippen molar-refractivity contribution >= 4 is 11.6 Å². The Morgan fingerprint density at radius 3 is 2.62 bits per heavy atom. The summed E-state index contributed by atoms with van der Waals surface area (Å²) in [6.45, 7) is 5.19.